The first kappa shape index (κ1) is 20.3. The molecule has 3 aromatic rings. The van der Waals surface area contributed by atoms with Gasteiger partial charge in [-0.05, 0) is 30.3 Å². The van der Waals surface area contributed by atoms with Crippen LogP contribution in [0.5, 0.6) is 0 Å². The Bertz CT molecular complexity index is 1150. The highest BCUT2D eigenvalue weighted by Gasteiger charge is 2.40. The number of carbonyl (C=O) groups excluding carboxylic acids is 1. The summed E-state index contributed by atoms with van der Waals surface area (Å²) >= 11 is 0. The van der Waals surface area contributed by atoms with Crippen LogP contribution < -0.4 is 0 Å². The van der Waals surface area contributed by atoms with Gasteiger partial charge in [0.2, 0.25) is 0 Å². The Balaban J connectivity index is 1.82. The maximum absolute atomic E-state index is 12.9. The van der Waals surface area contributed by atoms with Gasteiger partial charge in [0.15, 0.2) is 0 Å². The summed E-state index contributed by atoms with van der Waals surface area (Å²) in [5.41, 5.74) is 1.68. The summed E-state index contributed by atoms with van der Waals surface area (Å²) in [6, 6.07) is 13.6. The highest BCUT2D eigenvalue weighted by molar-refractivity contribution is 6.10. The van der Waals surface area contributed by atoms with Crippen LogP contribution in [0.4, 0.5) is 13.2 Å². The van der Waals surface area contributed by atoms with Crippen LogP contribution in [0.2, 0.25) is 0 Å². The summed E-state index contributed by atoms with van der Waals surface area (Å²) < 4.78 is 40.1. The van der Waals surface area contributed by atoms with Crippen LogP contribution in [-0.4, -0.2) is 28.2 Å². The molecule has 3 nitrogen and oxygen atoms in total. The number of benzene rings is 2. The molecule has 0 amide bonds. The van der Waals surface area contributed by atoms with E-state index in [2.05, 4.69) is 23.7 Å². The number of aliphatic hydroxyl groups excluding tert-OH is 1. The molecule has 0 unspecified atom stereocenters. The van der Waals surface area contributed by atoms with E-state index in [0.29, 0.717) is 11.9 Å². The van der Waals surface area contributed by atoms with E-state index in [1.165, 1.54) is 16.8 Å². The van der Waals surface area contributed by atoms with E-state index in [-0.39, 0.29) is 24.1 Å². The van der Waals surface area contributed by atoms with Gasteiger partial charge in [0.25, 0.3) is 5.78 Å². The molecular formula is C23H16F3NO2. The monoisotopic (exact) mass is 395 g/mol. The van der Waals surface area contributed by atoms with Crippen LogP contribution in [0.1, 0.15) is 27.9 Å². The number of rotatable bonds is 3. The molecule has 0 fully saturated rings. The number of alkyl halides is 3. The summed E-state index contributed by atoms with van der Waals surface area (Å²) in [6.45, 7) is 0.157. The smallest absolute Gasteiger partial charge is 0.395 e. The van der Waals surface area contributed by atoms with Gasteiger partial charge in [-0.15, -0.1) is 0 Å². The fourth-order valence-corrected chi connectivity index (χ4v) is 2.80. The first-order valence-corrected chi connectivity index (χ1v) is 8.78. The number of ketones is 1. The van der Waals surface area contributed by atoms with Crippen molar-refractivity contribution in [1.29, 1.82) is 0 Å². The molecule has 0 saturated heterocycles. The summed E-state index contributed by atoms with van der Waals surface area (Å²) in [6.07, 6.45) is -3.32. The Morgan fingerprint density at radius 1 is 0.966 bits per heavy atom. The first-order valence-electron chi connectivity index (χ1n) is 8.78. The SMILES string of the molecule is O=C(c1cn(CC#Cc2ccc(C#CCCO)cc2)c2ccccc12)C(F)(F)F. The van der Waals surface area contributed by atoms with Crippen LogP contribution in [0.15, 0.2) is 54.7 Å². The summed E-state index contributed by atoms with van der Waals surface area (Å²) in [7, 11) is 0. The van der Waals surface area contributed by atoms with E-state index in [4.69, 9.17) is 5.11 Å². The molecule has 0 saturated carbocycles. The number of aliphatic hydroxyl groups is 1. The minimum atomic E-state index is -4.93. The first-order chi connectivity index (χ1) is 13.9. The second-order valence-corrected chi connectivity index (χ2v) is 6.17. The third-order valence-corrected chi connectivity index (χ3v) is 4.13. The summed E-state index contributed by atoms with van der Waals surface area (Å²) in [4.78, 5) is 11.7. The van der Waals surface area contributed by atoms with Gasteiger partial charge in [-0.1, -0.05) is 41.9 Å². The lowest BCUT2D eigenvalue weighted by Crippen LogP contribution is -2.22. The third kappa shape index (κ3) is 4.87. The lowest BCUT2D eigenvalue weighted by atomic mass is 10.1. The molecule has 1 N–H and O–H groups in total. The van der Waals surface area contributed by atoms with Crippen molar-refractivity contribution < 1.29 is 23.1 Å². The van der Waals surface area contributed by atoms with Gasteiger partial charge < -0.3 is 9.67 Å². The second-order valence-electron chi connectivity index (χ2n) is 6.17. The maximum atomic E-state index is 12.9. The van der Waals surface area contributed by atoms with Crippen molar-refractivity contribution in [1.82, 2.24) is 4.57 Å². The number of halogens is 3. The molecule has 0 aliphatic rings. The predicted molar refractivity (Wildman–Crippen MR) is 104 cm³/mol. The Morgan fingerprint density at radius 3 is 2.21 bits per heavy atom. The van der Waals surface area contributed by atoms with Gasteiger partial charge in [0.05, 0.1) is 18.7 Å². The van der Waals surface area contributed by atoms with Crippen molar-refractivity contribution in [3.05, 3.63) is 71.4 Å². The molecule has 3 rings (SSSR count). The van der Waals surface area contributed by atoms with Crippen molar-refractivity contribution >= 4 is 16.7 Å². The van der Waals surface area contributed by atoms with Crippen LogP contribution >= 0.6 is 0 Å². The molecule has 0 bridgehead atoms. The quantitative estimate of drug-likeness (QED) is 0.534. The van der Waals surface area contributed by atoms with Crippen LogP contribution in [0.3, 0.4) is 0 Å². The molecule has 6 heteroatoms. The molecule has 0 aliphatic heterocycles. The lowest BCUT2D eigenvalue weighted by molar-refractivity contribution is -0.0884. The number of hydrogen-bond acceptors (Lipinski definition) is 2. The number of carbonyl (C=O) groups is 1. The minimum absolute atomic E-state index is 0.0148. The van der Waals surface area contributed by atoms with Crippen LogP contribution in [-0.2, 0) is 6.54 Å². The number of nitrogens with zero attached hydrogens (tertiary/aromatic N) is 1. The topological polar surface area (TPSA) is 42.2 Å². The molecule has 0 aliphatic carbocycles. The van der Waals surface area contributed by atoms with Gasteiger partial charge in [0, 0.05) is 34.6 Å². The van der Waals surface area contributed by atoms with Gasteiger partial charge in [-0.2, -0.15) is 13.2 Å². The molecule has 1 heterocycles. The Hall–Kier alpha value is -3.48. The van der Waals surface area contributed by atoms with Crippen LogP contribution in [0.25, 0.3) is 10.9 Å². The number of hydrogen-bond donors (Lipinski definition) is 1. The van der Waals surface area contributed by atoms with Crippen molar-refractivity contribution in [3.8, 4) is 23.7 Å². The number of fused-ring (bicyclic) bond motifs is 1. The van der Waals surface area contributed by atoms with Crippen molar-refractivity contribution in [3.63, 3.8) is 0 Å². The molecule has 146 valence electrons. The fraction of sp³-hybridized carbons (Fsp3) is 0.174. The number of Topliss-reactive ketones (excluding diaryl/α,β-unsaturated/α-hetero) is 1. The van der Waals surface area contributed by atoms with Crippen LogP contribution in [0, 0.1) is 23.7 Å². The van der Waals surface area contributed by atoms with Gasteiger partial charge in [-0.3, -0.25) is 4.79 Å². The van der Waals surface area contributed by atoms with Gasteiger partial charge in [0.1, 0.15) is 0 Å². The Morgan fingerprint density at radius 2 is 1.59 bits per heavy atom. The minimum Gasteiger partial charge on any atom is -0.395 e. The lowest BCUT2D eigenvalue weighted by Gasteiger charge is -2.02. The average Bonchev–Trinajstić information content (AvgIpc) is 3.07. The van der Waals surface area contributed by atoms with Gasteiger partial charge in [-0.25, -0.2) is 0 Å². The summed E-state index contributed by atoms with van der Waals surface area (Å²) in [5, 5.41) is 8.97. The molecule has 1 aromatic heterocycles. The van der Waals surface area contributed by atoms with E-state index >= 15 is 0 Å². The molecule has 0 radical (unpaired) electrons. The van der Waals surface area contributed by atoms with Gasteiger partial charge >= 0.3 is 6.18 Å². The zero-order valence-corrected chi connectivity index (χ0v) is 15.3. The highest BCUT2D eigenvalue weighted by Crippen LogP contribution is 2.28. The Labute approximate surface area is 165 Å². The highest BCUT2D eigenvalue weighted by atomic mass is 19.4. The zero-order valence-electron chi connectivity index (χ0n) is 15.3. The Kier molecular flexibility index (Phi) is 6.07. The molecular weight excluding hydrogens is 379 g/mol. The average molecular weight is 395 g/mol. The van der Waals surface area contributed by atoms with Crippen molar-refractivity contribution in [2.24, 2.45) is 0 Å². The third-order valence-electron chi connectivity index (χ3n) is 4.13. The molecule has 0 atom stereocenters. The fourth-order valence-electron chi connectivity index (χ4n) is 2.80. The second kappa shape index (κ2) is 8.68. The van der Waals surface area contributed by atoms with E-state index < -0.39 is 12.0 Å². The van der Waals surface area contributed by atoms with Crippen molar-refractivity contribution in [2.45, 2.75) is 19.1 Å². The van der Waals surface area contributed by atoms with E-state index in [1.807, 2.05) is 0 Å². The zero-order chi connectivity index (χ0) is 20.9. The number of para-hydroxylation sites is 1. The number of aromatic nitrogens is 1. The largest absolute Gasteiger partial charge is 0.454 e. The molecule has 2 aromatic carbocycles. The molecule has 29 heavy (non-hydrogen) atoms. The van der Waals surface area contributed by atoms with E-state index in [0.717, 1.165) is 11.1 Å². The molecule has 0 spiro atoms. The predicted octanol–water partition coefficient (Wildman–Crippen LogP) is 4.17. The standard InChI is InChI=1S/C23H16F3NO2/c24-23(25,26)22(29)20-16-27(21-9-2-1-8-19(20)21)14-5-7-18-12-10-17(11-13-18)6-3-4-15-28/h1-2,8-13,16,28H,4,14-15H2. The summed E-state index contributed by atoms with van der Waals surface area (Å²) in [5.74, 6) is 9.76. The normalized spacial score (nSPS) is 10.8. The van der Waals surface area contributed by atoms with E-state index in [9.17, 15) is 18.0 Å². The van der Waals surface area contributed by atoms with E-state index in [1.54, 1.807) is 42.5 Å². The maximum Gasteiger partial charge on any atom is 0.454 e. The van der Waals surface area contributed by atoms with Crippen molar-refractivity contribution in [2.75, 3.05) is 6.61 Å².